The molecule has 1 N–H and O–H groups in total. The number of carbonyl (C=O) groups is 1. The van der Waals surface area contributed by atoms with Crippen molar-refractivity contribution in [2.24, 2.45) is 0 Å². The third-order valence-corrected chi connectivity index (χ3v) is 2.36. The molecule has 2 nitrogen and oxygen atoms in total. The Balaban J connectivity index is 2.56. The summed E-state index contributed by atoms with van der Waals surface area (Å²) >= 11 is 0. The van der Waals surface area contributed by atoms with Gasteiger partial charge in [0.25, 0.3) is 5.91 Å². The molecule has 0 unspecified atom stereocenters. The quantitative estimate of drug-likeness (QED) is 0.717. The molecule has 0 aromatic rings. The van der Waals surface area contributed by atoms with Crippen LogP contribution in [0.25, 0.3) is 0 Å². The lowest BCUT2D eigenvalue weighted by Gasteiger charge is -2.12. The normalized spacial score (nSPS) is 15.3. The molecule has 0 fully saturated rings. The fraction of sp³-hybridized carbons (Fsp3) is 0.214. The number of allylic oxidation sites excluding steroid dienone is 6. The first-order valence-corrected chi connectivity index (χ1v) is 5.29. The summed E-state index contributed by atoms with van der Waals surface area (Å²) in [4.78, 5) is 11.7. The Kier molecular flexibility index (Phi) is 4.52. The average molecular weight is 215 g/mol. The predicted molar refractivity (Wildman–Crippen MR) is 67.7 cm³/mol. The van der Waals surface area contributed by atoms with E-state index in [4.69, 9.17) is 0 Å². The monoisotopic (exact) mass is 215 g/mol. The summed E-state index contributed by atoms with van der Waals surface area (Å²) < 4.78 is 0. The van der Waals surface area contributed by atoms with Crippen molar-refractivity contribution in [3.05, 3.63) is 60.4 Å². The topological polar surface area (TPSA) is 29.1 Å². The van der Waals surface area contributed by atoms with Gasteiger partial charge in [0.05, 0.1) is 0 Å². The van der Waals surface area contributed by atoms with Crippen LogP contribution in [0.1, 0.15) is 19.8 Å². The van der Waals surface area contributed by atoms with Crippen molar-refractivity contribution >= 4 is 5.91 Å². The number of amides is 1. The van der Waals surface area contributed by atoms with E-state index in [9.17, 15) is 4.79 Å². The first-order chi connectivity index (χ1) is 7.63. The van der Waals surface area contributed by atoms with Crippen LogP contribution in [0, 0.1) is 0 Å². The largest absolute Gasteiger partial charge is 0.323 e. The van der Waals surface area contributed by atoms with Gasteiger partial charge in [0.15, 0.2) is 0 Å². The molecule has 0 aliphatic heterocycles. The van der Waals surface area contributed by atoms with E-state index in [0.29, 0.717) is 5.70 Å². The van der Waals surface area contributed by atoms with E-state index in [2.05, 4.69) is 25.4 Å². The highest BCUT2D eigenvalue weighted by Crippen LogP contribution is 2.17. The Morgan fingerprint density at radius 2 is 2.19 bits per heavy atom. The van der Waals surface area contributed by atoms with Crippen LogP contribution in [0.2, 0.25) is 0 Å². The summed E-state index contributed by atoms with van der Waals surface area (Å²) in [5, 5.41) is 2.73. The minimum absolute atomic E-state index is 0.0672. The van der Waals surface area contributed by atoms with Gasteiger partial charge in [0, 0.05) is 11.3 Å². The fourth-order valence-electron chi connectivity index (χ4n) is 1.38. The molecule has 0 radical (unpaired) electrons. The van der Waals surface area contributed by atoms with Crippen LogP contribution >= 0.6 is 0 Å². The Morgan fingerprint density at radius 3 is 2.75 bits per heavy atom. The zero-order chi connectivity index (χ0) is 12.0. The van der Waals surface area contributed by atoms with Crippen molar-refractivity contribution in [3.8, 4) is 0 Å². The van der Waals surface area contributed by atoms with Crippen LogP contribution < -0.4 is 5.32 Å². The molecule has 1 amide bonds. The van der Waals surface area contributed by atoms with Crippen LogP contribution in [0.3, 0.4) is 0 Å². The molecule has 0 saturated heterocycles. The molecule has 1 aliphatic carbocycles. The molecule has 1 aliphatic rings. The third-order valence-electron chi connectivity index (χ3n) is 2.36. The standard InChI is InChI=1S/C14H17NO/c1-4-5-6-12(3)15-14(16)13-9-7-11(2)8-10-13/h4-7,9H,1,3,8,10H2,2H3,(H,15,16)/b6-5-. The maximum absolute atomic E-state index is 11.7. The zero-order valence-corrected chi connectivity index (χ0v) is 9.62. The summed E-state index contributed by atoms with van der Waals surface area (Å²) in [7, 11) is 0. The lowest BCUT2D eigenvalue weighted by Crippen LogP contribution is -2.23. The summed E-state index contributed by atoms with van der Waals surface area (Å²) in [6, 6.07) is 0. The molecular weight excluding hydrogens is 198 g/mol. The molecule has 0 atom stereocenters. The van der Waals surface area contributed by atoms with Gasteiger partial charge in [-0.05, 0) is 25.8 Å². The molecule has 0 bridgehead atoms. The average Bonchev–Trinajstić information content (AvgIpc) is 2.27. The molecule has 0 saturated carbocycles. The van der Waals surface area contributed by atoms with Gasteiger partial charge in [-0.3, -0.25) is 4.79 Å². The highest BCUT2D eigenvalue weighted by Gasteiger charge is 2.11. The Hall–Kier alpha value is -1.83. The van der Waals surface area contributed by atoms with E-state index < -0.39 is 0 Å². The first kappa shape index (κ1) is 12.2. The number of nitrogens with one attached hydrogen (secondary N) is 1. The maximum Gasteiger partial charge on any atom is 0.251 e. The molecule has 0 spiro atoms. The summed E-state index contributed by atoms with van der Waals surface area (Å²) in [5.74, 6) is -0.0672. The van der Waals surface area contributed by atoms with Crippen molar-refractivity contribution in [1.29, 1.82) is 0 Å². The minimum atomic E-state index is -0.0672. The second-order valence-electron chi connectivity index (χ2n) is 3.78. The number of carbonyl (C=O) groups excluding carboxylic acids is 1. The third kappa shape index (κ3) is 3.73. The summed E-state index contributed by atoms with van der Waals surface area (Å²) in [5.41, 5.74) is 2.69. The number of hydrogen-bond donors (Lipinski definition) is 1. The van der Waals surface area contributed by atoms with Gasteiger partial charge in [-0.15, -0.1) is 0 Å². The van der Waals surface area contributed by atoms with Crippen LogP contribution in [0.15, 0.2) is 60.4 Å². The van der Waals surface area contributed by atoms with Crippen LogP contribution in [-0.2, 0) is 4.79 Å². The van der Waals surface area contributed by atoms with E-state index >= 15 is 0 Å². The van der Waals surface area contributed by atoms with Gasteiger partial charge in [0.1, 0.15) is 0 Å². The Labute approximate surface area is 96.7 Å². The van der Waals surface area contributed by atoms with E-state index in [-0.39, 0.29) is 5.91 Å². The summed E-state index contributed by atoms with van der Waals surface area (Å²) in [6.07, 6.45) is 10.7. The molecule has 16 heavy (non-hydrogen) atoms. The van der Waals surface area contributed by atoms with Crippen molar-refractivity contribution in [2.75, 3.05) is 0 Å². The molecular formula is C14H17NO. The minimum Gasteiger partial charge on any atom is -0.323 e. The van der Waals surface area contributed by atoms with Gasteiger partial charge in [-0.2, -0.15) is 0 Å². The molecule has 84 valence electrons. The smallest absolute Gasteiger partial charge is 0.251 e. The second-order valence-corrected chi connectivity index (χ2v) is 3.78. The van der Waals surface area contributed by atoms with Crippen molar-refractivity contribution in [2.45, 2.75) is 19.8 Å². The lowest BCUT2D eigenvalue weighted by atomic mass is 9.99. The SMILES string of the molecule is C=C/C=C\C(=C)NC(=O)C1=CC=C(C)CC1. The maximum atomic E-state index is 11.7. The van der Waals surface area contributed by atoms with E-state index in [1.54, 1.807) is 18.2 Å². The predicted octanol–water partition coefficient (Wildman–Crippen LogP) is 3.03. The lowest BCUT2D eigenvalue weighted by molar-refractivity contribution is -0.116. The van der Waals surface area contributed by atoms with Crippen molar-refractivity contribution in [1.82, 2.24) is 5.32 Å². The van der Waals surface area contributed by atoms with E-state index in [0.717, 1.165) is 18.4 Å². The van der Waals surface area contributed by atoms with Crippen LogP contribution in [0.5, 0.6) is 0 Å². The molecule has 1 rings (SSSR count). The number of rotatable bonds is 4. The zero-order valence-electron chi connectivity index (χ0n) is 9.62. The molecule has 2 heteroatoms. The van der Waals surface area contributed by atoms with Gasteiger partial charge in [-0.1, -0.05) is 43.0 Å². The molecule has 0 heterocycles. The van der Waals surface area contributed by atoms with E-state index in [1.165, 1.54) is 5.57 Å². The fourth-order valence-corrected chi connectivity index (χ4v) is 1.38. The van der Waals surface area contributed by atoms with Gasteiger partial charge < -0.3 is 5.32 Å². The van der Waals surface area contributed by atoms with E-state index in [1.807, 2.05) is 12.2 Å². The first-order valence-electron chi connectivity index (χ1n) is 5.29. The number of hydrogen-bond acceptors (Lipinski definition) is 1. The van der Waals surface area contributed by atoms with Crippen molar-refractivity contribution in [3.63, 3.8) is 0 Å². The van der Waals surface area contributed by atoms with Gasteiger partial charge in [-0.25, -0.2) is 0 Å². The highest BCUT2D eigenvalue weighted by molar-refractivity contribution is 5.95. The molecule has 0 aromatic carbocycles. The van der Waals surface area contributed by atoms with Gasteiger partial charge >= 0.3 is 0 Å². The summed E-state index contributed by atoms with van der Waals surface area (Å²) in [6.45, 7) is 9.35. The van der Waals surface area contributed by atoms with Crippen LogP contribution in [-0.4, -0.2) is 5.91 Å². The van der Waals surface area contributed by atoms with Crippen LogP contribution in [0.4, 0.5) is 0 Å². The second kappa shape index (κ2) is 5.91. The Bertz CT molecular complexity index is 397. The van der Waals surface area contributed by atoms with Crippen molar-refractivity contribution < 1.29 is 4.79 Å². The van der Waals surface area contributed by atoms with Gasteiger partial charge in [0.2, 0.25) is 0 Å². The highest BCUT2D eigenvalue weighted by atomic mass is 16.1. The Morgan fingerprint density at radius 1 is 1.44 bits per heavy atom. The molecule has 0 aromatic heterocycles.